The second-order valence-corrected chi connectivity index (χ2v) is 4.24. The van der Waals surface area contributed by atoms with Crippen molar-refractivity contribution in [2.45, 2.75) is 33.6 Å². The molecular formula is C12H17NS. The van der Waals surface area contributed by atoms with Gasteiger partial charge in [0.05, 0.1) is 15.2 Å². The van der Waals surface area contributed by atoms with Crippen LogP contribution >= 0.6 is 11.3 Å². The standard InChI is InChI=1S/C10H11NS.C2H6/c1-7(2)10-11-8-5-3-4-6-9(8)12-10;1-2/h3-7H,1-2H3;1-2H3. The predicted octanol–water partition coefficient (Wildman–Crippen LogP) is 4.45. The van der Waals surface area contributed by atoms with Crippen molar-refractivity contribution in [1.29, 1.82) is 0 Å². The number of hydrogen-bond donors (Lipinski definition) is 0. The monoisotopic (exact) mass is 207 g/mol. The van der Waals surface area contributed by atoms with E-state index in [1.807, 2.05) is 19.9 Å². The molecule has 2 aromatic rings. The molecule has 1 heterocycles. The average Bonchev–Trinajstić information content (AvgIpc) is 2.64. The van der Waals surface area contributed by atoms with E-state index in [9.17, 15) is 0 Å². The van der Waals surface area contributed by atoms with E-state index >= 15 is 0 Å². The van der Waals surface area contributed by atoms with Crippen LogP contribution < -0.4 is 0 Å². The third-order valence-corrected chi connectivity index (χ3v) is 3.14. The highest BCUT2D eigenvalue weighted by Gasteiger charge is 2.05. The Bertz CT molecular complexity index is 357. The van der Waals surface area contributed by atoms with Crippen molar-refractivity contribution in [1.82, 2.24) is 4.98 Å². The Morgan fingerprint density at radius 3 is 2.36 bits per heavy atom. The molecule has 0 radical (unpaired) electrons. The zero-order chi connectivity index (χ0) is 10.6. The number of para-hydroxylation sites is 1. The highest BCUT2D eigenvalue weighted by molar-refractivity contribution is 7.18. The summed E-state index contributed by atoms with van der Waals surface area (Å²) in [6.07, 6.45) is 0. The second kappa shape index (κ2) is 5.11. The van der Waals surface area contributed by atoms with Gasteiger partial charge in [-0.15, -0.1) is 11.3 Å². The van der Waals surface area contributed by atoms with Crippen LogP contribution in [0.15, 0.2) is 24.3 Å². The molecule has 0 atom stereocenters. The van der Waals surface area contributed by atoms with Gasteiger partial charge in [-0.05, 0) is 12.1 Å². The summed E-state index contributed by atoms with van der Waals surface area (Å²) >= 11 is 1.79. The second-order valence-electron chi connectivity index (χ2n) is 3.17. The molecule has 0 unspecified atom stereocenters. The van der Waals surface area contributed by atoms with Crippen molar-refractivity contribution in [2.24, 2.45) is 0 Å². The summed E-state index contributed by atoms with van der Waals surface area (Å²) in [5, 5.41) is 1.23. The first kappa shape index (κ1) is 11.2. The van der Waals surface area contributed by atoms with Gasteiger partial charge >= 0.3 is 0 Å². The SMILES string of the molecule is CC.CC(C)c1nc2ccccc2s1. The first-order valence-electron chi connectivity index (χ1n) is 5.13. The first-order chi connectivity index (χ1) is 6.77. The van der Waals surface area contributed by atoms with E-state index < -0.39 is 0 Å². The topological polar surface area (TPSA) is 12.9 Å². The number of thiazole rings is 1. The highest BCUT2D eigenvalue weighted by atomic mass is 32.1. The third-order valence-electron chi connectivity index (χ3n) is 1.80. The van der Waals surface area contributed by atoms with E-state index in [2.05, 4.69) is 37.0 Å². The van der Waals surface area contributed by atoms with E-state index in [4.69, 9.17) is 0 Å². The Labute approximate surface area is 89.8 Å². The van der Waals surface area contributed by atoms with Gasteiger partial charge in [-0.1, -0.05) is 39.8 Å². The molecule has 14 heavy (non-hydrogen) atoms. The van der Waals surface area contributed by atoms with Crippen molar-refractivity contribution in [3.8, 4) is 0 Å². The van der Waals surface area contributed by atoms with E-state index in [1.165, 1.54) is 9.71 Å². The maximum Gasteiger partial charge on any atom is 0.0963 e. The highest BCUT2D eigenvalue weighted by Crippen LogP contribution is 2.26. The fraction of sp³-hybridized carbons (Fsp3) is 0.417. The summed E-state index contributed by atoms with van der Waals surface area (Å²) in [6.45, 7) is 8.36. The van der Waals surface area contributed by atoms with Gasteiger partial charge in [-0.25, -0.2) is 4.98 Å². The molecule has 2 heteroatoms. The summed E-state index contributed by atoms with van der Waals surface area (Å²) in [6, 6.07) is 8.29. The Hall–Kier alpha value is -0.890. The van der Waals surface area contributed by atoms with E-state index in [1.54, 1.807) is 11.3 Å². The molecule has 1 nitrogen and oxygen atoms in total. The summed E-state index contributed by atoms with van der Waals surface area (Å²) in [4.78, 5) is 4.53. The molecule has 0 saturated carbocycles. The van der Waals surface area contributed by atoms with Gasteiger partial charge in [-0.3, -0.25) is 0 Å². The lowest BCUT2D eigenvalue weighted by Gasteiger charge is -1.94. The Morgan fingerprint density at radius 2 is 1.79 bits per heavy atom. The van der Waals surface area contributed by atoms with E-state index in [0.717, 1.165) is 5.52 Å². The number of hydrogen-bond acceptors (Lipinski definition) is 2. The van der Waals surface area contributed by atoms with Crippen LogP contribution in [0.4, 0.5) is 0 Å². The molecule has 0 N–H and O–H groups in total. The minimum atomic E-state index is 0.544. The zero-order valence-corrected chi connectivity index (χ0v) is 10.1. The molecular weight excluding hydrogens is 190 g/mol. The van der Waals surface area contributed by atoms with Gasteiger partial charge < -0.3 is 0 Å². The molecule has 2 rings (SSSR count). The fourth-order valence-corrected chi connectivity index (χ4v) is 2.11. The molecule has 0 saturated heterocycles. The van der Waals surface area contributed by atoms with E-state index in [0.29, 0.717) is 5.92 Å². The quantitative estimate of drug-likeness (QED) is 0.673. The smallest absolute Gasteiger partial charge is 0.0963 e. The van der Waals surface area contributed by atoms with Gasteiger partial charge in [0.2, 0.25) is 0 Å². The van der Waals surface area contributed by atoms with Crippen LogP contribution in [0.1, 0.15) is 38.6 Å². The molecule has 0 fully saturated rings. The molecule has 0 aliphatic rings. The number of nitrogens with zero attached hydrogens (tertiary/aromatic N) is 1. The van der Waals surface area contributed by atoms with Crippen LogP contribution in [0.5, 0.6) is 0 Å². The summed E-state index contributed by atoms with van der Waals surface area (Å²) in [5.74, 6) is 0.544. The summed E-state index contributed by atoms with van der Waals surface area (Å²) in [5.41, 5.74) is 1.13. The van der Waals surface area contributed by atoms with Crippen molar-refractivity contribution in [3.63, 3.8) is 0 Å². The van der Waals surface area contributed by atoms with Crippen LogP contribution in [-0.4, -0.2) is 4.98 Å². The molecule has 76 valence electrons. The van der Waals surface area contributed by atoms with Crippen molar-refractivity contribution in [3.05, 3.63) is 29.3 Å². The molecule has 0 bridgehead atoms. The number of fused-ring (bicyclic) bond motifs is 1. The summed E-state index contributed by atoms with van der Waals surface area (Å²) in [7, 11) is 0. The molecule has 0 aliphatic carbocycles. The number of aromatic nitrogens is 1. The van der Waals surface area contributed by atoms with E-state index in [-0.39, 0.29) is 0 Å². The maximum atomic E-state index is 4.53. The molecule has 1 aromatic carbocycles. The number of benzene rings is 1. The molecule has 1 aromatic heterocycles. The number of rotatable bonds is 1. The Kier molecular flexibility index (Phi) is 4.08. The van der Waals surface area contributed by atoms with Crippen LogP contribution in [-0.2, 0) is 0 Å². The lowest BCUT2D eigenvalue weighted by Crippen LogP contribution is -1.82. The molecule has 0 aliphatic heterocycles. The lowest BCUT2D eigenvalue weighted by molar-refractivity contribution is 0.857. The van der Waals surface area contributed by atoms with Gasteiger partial charge in [0, 0.05) is 5.92 Å². The van der Waals surface area contributed by atoms with Crippen molar-refractivity contribution in [2.75, 3.05) is 0 Å². The largest absolute Gasteiger partial charge is 0.241 e. The Morgan fingerprint density at radius 1 is 1.14 bits per heavy atom. The predicted molar refractivity (Wildman–Crippen MR) is 65.1 cm³/mol. The molecule has 0 spiro atoms. The average molecular weight is 207 g/mol. The normalized spacial score (nSPS) is 10.1. The van der Waals surface area contributed by atoms with Gasteiger partial charge in [0.25, 0.3) is 0 Å². The van der Waals surface area contributed by atoms with Gasteiger partial charge in [-0.2, -0.15) is 0 Å². The lowest BCUT2D eigenvalue weighted by atomic mass is 10.2. The van der Waals surface area contributed by atoms with Crippen LogP contribution in [0.25, 0.3) is 10.2 Å². The van der Waals surface area contributed by atoms with Crippen molar-refractivity contribution >= 4 is 21.6 Å². The first-order valence-corrected chi connectivity index (χ1v) is 5.94. The van der Waals surface area contributed by atoms with Crippen LogP contribution in [0.2, 0.25) is 0 Å². The molecule has 0 amide bonds. The minimum absolute atomic E-state index is 0.544. The van der Waals surface area contributed by atoms with Crippen molar-refractivity contribution < 1.29 is 0 Å². The van der Waals surface area contributed by atoms with Gasteiger partial charge in [0.1, 0.15) is 0 Å². The Balaban J connectivity index is 0.000000461. The summed E-state index contributed by atoms with van der Waals surface area (Å²) < 4.78 is 1.29. The van der Waals surface area contributed by atoms with Crippen LogP contribution in [0.3, 0.4) is 0 Å². The minimum Gasteiger partial charge on any atom is -0.241 e. The van der Waals surface area contributed by atoms with Crippen LogP contribution in [0, 0.1) is 0 Å². The van der Waals surface area contributed by atoms with Gasteiger partial charge in [0.15, 0.2) is 0 Å². The zero-order valence-electron chi connectivity index (χ0n) is 9.24. The third kappa shape index (κ3) is 2.32. The fourth-order valence-electron chi connectivity index (χ4n) is 1.14. The maximum absolute atomic E-state index is 4.53.